The molecule has 0 fully saturated rings. The molecule has 0 aromatic heterocycles. The van der Waals surface area contributed by atoms with Crippen molar-refractivity contribution in [1.82, 2.24) is 0 Å². The van der Waals surface area contributed by atoms with Crippen molar-refractivity contribution in [3.8, 4) is 22.6 Å². The molecule has 0 amide bonds. The Hall–Kier alpha value is -2.44. The normalized spacial score (nSPS) is 10.8. The lowest BCUT2D eigenvalue weighted by Gasteiger charge is -2.27. The summed E-state index contributed by atoms with van der Waals surface area (Å²) in [6.45, 7) is 2.50. The minimum Gasteiger partial charge on any atom is -0.508 e. The van der Waals surface area contributed by atoms with E-state index < -0.39 is 0 Å². The van der Waals surface area contributed by atoms with Gasteiger partial charge < -0.3 is 30.3 Å². The van der Waals surface area contributed by atoms with E-state index in [1.54, 1.807) is 26.4 Å². The van der Waals surface area contributed by atoms with Crippen molar-refractivity contribution in [1.29, 1.82) is 0 Å². The molecule has 2 rings (SSSR count). The van der Waals surface area contributed by atoms with Crippen LogP contribution in [-0.4, -0.2) is 50.7 Å². The zero-order valence-electron chi connectivity index (χ0n) is 14.0. The van der Waals surface area contributed by atoms with E-state index in [9.17, 15) is 10.2 Å². The third-order valence-corrected chi connectivity index (χ3v) is 3.71. The van der Waals surface area contributed by atoms with Crippen LogP contribution in [0.4, 0.5) is 11.4 Å². The Balaban J connectivity index is 2.47. The number of nitrogen functional groups attached to an aromatic ring is 1. The lowest BCUT2D eigenvalue weighted by Crippen LogP contribution is -2.31. The van der Waals surface area contributed by atoms with Crippen LogP contribution in [0.5, 0.6) is 11.5 Å². The van der Waals surface area contributed by atoms with Crippen LogP contribution in [0.25, 0.3) is 11.1 Å². The van der Waals surface area contributed by atoms with Gasteiger partial charge in [0.1, 0.15) is 11.5 Å². The number of nitrogens with two attached hydrogens (primary N) is 1. The quantitative estimate of drug-likeness (QED) is 0.644. The average molecular weight is 332 g/mol. The van der Waals surface area contributed by atoms with Crippen LogP contribution >= 0.6 is 0 Å². The fourth-order valence-corrected chi connectivity index (χ4v) is 2.57. The summed E-state index contributed by atoms with van der Waals surface area (Å²) in [5, 5.41) is 19.6. The Morgan fingerprint density at radius 1 is 0.917 bits per heavy atom. The molecule has 24 heavy (non-hydrogen) atoms. The number of phenolic OH excluding ortho intramolecular Hbond substituents is 2. The predicted octanol–water partition coefficient (Wildman–Crippen LogP) is 2.45. The van der Waals surface area contributed by atoms with Gasteiger partial charge in [-0.05, 0) is 35.9 Å². The van der Waals surface area contributed by atoms with Crippen LogP contribution in [-0.2, 0) is 9.47 Å². The van der Waals surface area contributed by atoms with Gasteiger partial charge in [-0.25, -0.2) is 0 Å². The van der Waals surface area contributed by atoms with Crippen molar-refractivity contribution in [3.05, 3.63) is 36.4 Å². The van der Waals surface area contributed by atoms with Crippen LogP contribution in [0.3, 0.4) is 0 Å². The van der Waals surface area contributed by atoms with Crippen molar-refractivity contribution in [2.75, 3.05) is 51.2 Å². The first kappa shape index (κ1) is 17.9. The molecule has 0 aliphatic carbocycles. The maximum atomic E-state index is 9.79. The monoisotopic (exact) mass is 332 g/mol. The third kappa shape index (κ3) is 4.53. The minimum atomic E-state index is -0.00120. The van der Waals surface area contributed by atoms with Crippen LogP contribution < -0.4 is 10.6 Å². The molecule has 4 N–H and O–H groups in total. The third-order valence-electron chi connectivity index (χ3n) is 3.71. The maximum absolute atomic E-state index is 9.79. The van der Waals surface area contributed by atoms with Crippen molar-refractivity contribution in [2.24, 2.45) is 0 Å². The Kier molecular flexibility index (Phi) is 6.28. The second-order valence-electron chi connectivity index (χ2n) is 5.49. The van der Waals surface area contributed by atoms with Gasteiger partial charge >= 0.3 is 0 Å². The molecule has 0 aliphatic rings. The number of phenols is 2. The topological polar surface area (TPSA) is 88.2 Å². The largest absolute Gasteiger partial charge is 0.508 e. The summed E-state index contributed by atoms with van der Waals surface area (Å²) in [4.78, 5) is 2.13. The number of hydrogen-bond acceptors (Lipinski definition) is 6. The number of hydrogen-bond donors (Lipinski definition) is 3. The summed E-state index contributed by atoms with van der Waals surface area (Å²) in [5.41, 5.74) is 9.01. The molecule has 6 nitrogen and oxygen atoms in total. The number of ether oxygens (including phenoxy) is 2. The summed E-state index contributed by atoms with van der Waals surface area (Å²) in [5.74, 6) is -0.00239. The number of anilines is 2. The standard InChI is InChI=1S/C18H24N2O4/c1-23-7-5-20(6-8-24-2)18-4-3-14(19)11-17(18)13-9-15(21)12-16(22)10-13/h3-4,9-12,21-22H,5-8,19H2,1-2H3. The lowest BCUT2D eigenvalue weighted by atomic mass is 10.0. The molecule has 0 spiro atoms. The van der Waals surface area contributed by atoms with Gasteiger partial charge in [-0.2, -0.15) is 0 Å². The second-order valence-corrected chi connectivity index (χ2v) is 5.49. The van der Waals surface area contributed by atoms with E-state index in [1.165, 1.54) is 6.07 Å². The van der Waals surface area contributed by atoms with E-state index in [0.29, 0.717) is 37.6 Å². The SMILES string of the molecule is COCCN(CCOC)c1ccc(N)cc1-c1cc(O)cc(O)c1. The molecule has 2 aromatic carbocycles. The zero-order chi connectivity index (χ0) is 17.5. The smallest absolute Gasteiger partial charge is 0.119 e. The summed E-state index contributed by atoms with van der Waals surface area (Å²) in [7, 11) is 3.32. The first-order valence-electron chi connectivity index (χ1n) is 7.71. The Bertz CT molecular complexity index is 648. The molecule has 0 unspecified atom stereocenters. The van der Waals surface area contributed by atoms with Gasteiger partial charge in [-0.3, -0.25) is 0 Å². The van der Waals surface area contributed by atoms with Gasteiger partial charge in [0.2, 0.25) is 0 Å². The Morgan fingerprint density at radius 2 is 1.50 bits per heavy atom. The van der Waals surface area contributed by atoms with Crippen LogP contribution in [0.15, 0.2) is 36.4 Å². The lowest BCUT2D eigenvalue weighted by molar-refractivity contribution is 0.190. The Labute approximate surface area is 142 Å². The van der Waals surface area contributed by atoms with Crippen LogP contribution in [0.2, 0.25) is 0 Å². The van der Waals surface area contributed by atoms with E-state index in [4.69, 9.17) is 15.2 Å². The van der Waals surface area contributed by atoms with Gasteiger partial charge in [0, 0.05) is 50.3 Å². The molecule has 0 heterocycles. The molecular formula is C18H24N2O4. The molecule has 0 bridgehead atoms. The number of rotatable bonds is 8. The maximum Gasteiger partial charge on any atom is 0.119 e. The van der Waals surface area contributed by atoms with E-state index in [2.05, 4.69) is 4.90 Å². The summed E-state index contributed by atoms with van der Waals surface area (Å²) < 4.78 is 10.4. The van der Waals surface area contributed by atoms with Crippen molar-refractivity contribution >= 4 is 11.4 Å². The van der Waals surface area contributed by atoms with Gasteiger partial charge in [0.05, 0.1) is 13.2 Å². The second kappa shape index (κ2) is 8.42. The van der Waals surface area contributed by atoms with Crippen LogP contribution in [0.1, 0.15) is 0 Å². The van der Waals surface area contributed by atoms with E-state index >= 15 is 0 Å². The molecule has 0 aliphatic heterocycles. The highest BCUT2D eigenvalue weighted by Crippen LogP contribution is 2.36. The number of methoxy groups -OCH3 is 2. The average Bonchev–Trinajstić information content (AvgIpc) is 2.54. The van der Waals surface area contributed by atoms with Gasteiger partial charge in [-0.15, -0.1) is 0 Å². The van der Waals surface area contributed by atoms with E-state index in [0.717, 1.165) is 11.3 Å². The summed E-state index contributed by atoms with van der Waals surface area (Å²) >= 11 is 0. The van der Waals surface area contributed by atoms with Crippen molar-refractivity contribution in [3.63, 3.8) is 0 Å². The molecule has 0 atom stereocenters. The molecule has 0 radical (unpaired) electrons. The number of aromatic hydroxyl groups is 2. The number of nitrogens with zero attached hydrogens (tertiary/aromatic N) is 1. The fourth-order valence-electron chi connectivity index (χ4n) is 2.57. The summed E-state index contributed by atoms with van der Waals surface area (Å²) in [6.07, 6.45) is 0. The Morgan fingerprint density at radius 3 is 2.04 bits per heavy atom. The highest BCUT2D eigenvalue weighted by Gasteiger charge is 2.14. The van der Waals surface area contributed by atoms with Crippen LogP contribution in [0, 0.1) is 0 Å². The minimum absolute atomic E-state index is 0.00120. The molecule has 0 saturated heterocycles. The van der Waals surface area contributed by atoms with Crippen molar-refractivity contribution < 1.29 is 19.7 Å². The van der Waals surface area contributed by atoms with Gasteiger partial charge in [-0.1, -0.05) is 0 Å². The molecular weight excluding hydrogens is 308 g/mol. The predicted molar refractivity (Wildman–Crippen MR) is 95.6 cm³/mol. The first-order valence-corrected chi connectivity index (χ1v) is 7.71. The fraction of sp³-hybridized carbons (Fsp3) is 0.333. The zero-order valence-corrected chi connectivity index (χ0v) is 14.0. The van der Waals surface area contributed by atoms with Gasteiger partial charge in [0.15, 0.2) is 0 Å². The summed E-state index contributed by atoms with van der Waals surface area (Å²) in [6, 6.07) is 10.1. The molecule has 0 saturated carbocycles. The van der Waals surface area contributed by atoms with E-state index in [1.807, 2.05) is 18.2 Å². The highest BCUT2D eigenvalue weighted by atomic mass is 16.5. The molecule has 6 heteroatoms. The first-order chi connectivity index (χ1) is 11.5. The molecule has 2 aromatic rings. The number of benzene rings is 2. The van der Waals surface area contributed by atoms with Gasteiger partial charge in [0.25, 0.3) is 0 Å². The molecule has 130 valence electrons. The van der Waals surface area contributed by atoms with Crippen molar-refractivity contribution in [2.45, 2.75) is 0 Å². The highest BCUT2D eigenvalue weighted by molar-refractivity contribution is 5.82. The van der Waals surface area contributed by atoms with E-state index in [-0.39, 0.29) is 11.5 Å².